The van der Waals surface area contributed by atoms with Crippen molar-refractivity contribution in [3.05, 3.63) is 42.6 Å². The van der Waals surface area contributed by atoms with Gasteiger partial charge in [0.15, 0.2) is 11.5 Å². The molecule has 90 valence electrons. The Hall–Kier alpha value is -2.83. The molecule has 0 spiro atoms. The van der Waals surface area contributed by atoms with Crippen LogP contribution < -0.4 is 5.73 Å². The highest BCUT2D eigenvalue weighted by atomic mass is 16.3. The molecule has 18 heavy (non-hydrogen) atoms. The van der Waals surface area contributed by atoms with Crippen molar-refractivity contribution in [2.24, 2.45) is 0 Å². The van der Waals surface area contributed by atoms with Gasteiger partial charge in [-0.25, -0.2) is 0 Å². The van der Waals surface area contributed by atoms with Gasteiger partial charge < -0.3 is 14.6 Å². The molecule has 0 radical (unpaired) electrons. The van der Waals surface area contributed by atoms with Crippen molar-refractivity contribution in [2.75, 3.05) is 5.73 Å². The Labute approximate surface area is 101 Å². The van der Waals surface area contributed by atoms with E-state index in [2.05, 4.69) is 10.1 Å². The average Bonchev–Trinajstić information content (AvgIpc) is 3.10. The van der Waals surface area contributed by atoms with Crippen molar-refractivity contribution in [1.82, 2.24) is 14.8 Å². The number of carbonyl (C=O) groups excluding carboxylic acids is 1. The Morgan fingerprint density at radius 2 is 2.00 bits per heavy atom. The van der Waals surface area contributed by atoms with Gasteiger partial charge in [-0.05, 0) is 24.3 Å². The van der Waals surface area contributed by atoms with Crippen LogP contribution in [0.3, 0.4) is 0 Å². The average molecular weight is 244 g/mol. The molecule has 0 aliphatic heterocycles. The molecule has 3 heterocycles. The maximum atomic E-state index is 12.0. The second-order valence-corrected chi connectivity index (χ2v) is 3.47. The zero-order valence-corrected chi connectivity index (χ0v) is 9.11. The minimum Gasteiger partial charge on any atom is -0.461 e. The number of carbonyl (C=O) groups is 1. The largest absolute Gasteiger partial charge is 0.461 e. The van der Waals surface area contributed by atoms with Gasteiger partial charge in [-0.1, -0.05) is 0 Å². The summed E-state index contributed by atoms with van der Waals surface area (Å²) in [5, 5.41) is 3.99. The second-order valence-electron chi connectivity index (χ2n) is 3.47. The monoisotopic (exact) mass is 244 g/mol. The Morgan fingerprint density at radius 1 is 1.22 bits per heavy atom. The van der Waals surface area contributed by atoms with E-state index in [9.17, 15) is 4.79 Å². The lowest BCUT2D eigenvalue weighted by atomic mass is 10.4. The fraction of sp³-hybridized carbons (Fsp3) is 0. The van der Waals surface area contributed by atoms with Crippen LogP contribution in [0.5, 0.6) is 0 Å². The van der Waals surface area contributed by atoms with Crippen LogP contribution in [-0.2, 0) is 0 Å². The Morgan fingerprint density at radius 3 is 2.67 bits per heavy atom. The van der Waals surface area contributed by atoms with Gasteiger partial charge >= 0.3 is 5.91 Å². The summed E-state index contributed by atoms with van der Waals surface area (Å²) in [5.74, 6) is 0.313. The third kappa shape index (κ3) is 1.58. The molecule has 7 nitrogen and oxygen atoms in total. The van der Waals surface area contributed by atoms with Crippen LogP contribution in [0.1, 0.15) is 10.6 Å². The van der Waals surface area contributed by atoms with Gasteiger partial charge in [-0.15, -0.1) is 5.10 Å². The maximum absolute atomic E-state index is 12.0. The minimum atomic E-state index is -0.484. The van der Waals surface area contributed by atoms with E-state index >= 15 is 0 Å². The highest BCUT2D eigenvalue weighted by Gasteiger charge is 2.19. The molecule has 0 fully saturated rings. The van der Waals surface area contributed by atoms with Gasteiger partial charge in [0.2, 0.25) is 11.8 Å². The summed E-state index contributed by atoms with van der Waals surface area (Å²) in [4.78, 5) is 15.9. The van der Waals surface area contributed by atoms with E-state index in [1.807, 2.05) is 0 Å². The summed E-state index contributed by atoms with van der Waals surface area (Å²) >= 11 is 0. The van der Waals surface area contributed by atoms with E-state index in [0.29, 0.717) is 5.76 Å². The lowest BCUT2D eigenvalue weighted by Crippen LogP contribution is -2.15. The molecule has 3 aromatic rings. The summed E-state index contributed by atoms with van der Waals surface area (Å²) in [5.41, 5.74) is 5.64. The highest BCUT2D eigenvalue weighted by Crippen LogP contribution is 2.17. The van der Waals surface area contributed by atoms with Gasteiger partial charge in [-0.2, -0.15) is 9.67 Å². The first-order valence-electron chi connectivity index (χ1n) is 5.10. The van der Waals surface area contributed by atoms with Crippen LogP contribution in [0.15, 0.2) is 45.6 Å². The normalized spacial score (nSPS) is 10.7. The van der Waals surface area contributed by atoms with Crippen molar-refractivity contribution in [2.45, 2.75) is 0 Å². The number of furan rings is 2. The van der Waals surface area contributed by atoms with E-state index in [4.69, 9.17) is 14.6 Å². The van der Waals surface area contributed by atoms with Gasteiger partial charge in [0.1, 0.15) is 0 Å². The zero-order chi connectivity index (χ0) is 12.5. The Balaban J connectivity index is 2.01. The number of nitrogen functional groups attached to an aromatic ring is 1. The molecule has 0 aliphatic rings. The molecule has 0 bridgehead atoms. The third-order valence-electron chi connectivity index (χ3n) is 2.30. The standard InChI is InChI=1S/C11H8N4O3/c12-11-13-9(7-3-1-5-17-7)14-15(11)10(16)8-4-2-6-18-8/h1-6H,(H2,12,13,14). The van der Waals surface area contributed by atoms with E-state index in [1.165, 1.54) is 18.6 Å². The summed E-state index contributed by atoms with van der Waals surface area (Å²) < 4.78 is 11.1. The molecule has 0 aromatic carbocycles. The van der Waals surface area contributed by atoms with E-state index < -0.39 is 5.91 Å². The fourth-order valence-corrected chi connectivity index (χ4v) is 1.49. The quantitative estimate of drug-likeness (QED) is 0.731. The molecular weight excluding hydrogens is 236 g/mol. The van der Waals surface area contributed by atoms with Crippen molar-refractivity contribution in [1.29, 1.82) is 0 Å². The second kappa shape index (κ2) is 3.88. The first-order chi connectivity index (χ1) is 8.75. The van der Waals surface area contributed by atoms with Crippen LogP contribution in [0.4, 0.5) is 5.95 Å². The lowest BCUT2D eigenvalue weighted by molar-refractivity contribution is 0.0920. The smallest absolute Gasteiger partial charge is 0.317 e. The lowest BCUT2D eigenvalue weighted by Gasteiger charge is -1.96. The predicted octanol–water partition coefficient (Wildman–Crippen LogP) is 1.40. The molecule has 0 saturated heterocycles. The fourth-order valence-electron chi connectivity index (χ4n) is 1.49. The summed E-state index contributed by atoms with van der Waals surface area (Å²) in [7, 11) is 0. The molecule has 0 amide bonds. The molecule has 0 unspecified atom stereocenters. The number of hydrogen-bond acceptors (Lipinski definition) is 6. The number of hydrogen-bond donors (Lipinski definition) is 1. The zero-order valence-electron chi connectivity index (χ0n) is 9.11. The molecule has 0 atom stereocenters. The van der Waals surface area contributed by atoms with Gasteiger partial charge in [0.05, 0.1) is 12.5 Å². The molecule has 2 N–H and O–H groups in total. The molecule has 3 rings (SSSR count). The van der Waals surface area contributed by atoms with E-state index in [1.54, 1.807) is 18.2 Å². The van der Waals surface area contributed by atoms with Crippen LogP contribution in [0.25, 0.3) is 11.6 Å². The van der Waals surface area contributed by atoms with Gasteiger partial charge in [0, 0.05) is 0 Å². The van der Waals surface area contributed by atoms with Crippen LogP contribution in [-0.4, -0.2) is 20.7 Å². The summed E-state index contributed by atoms with van der Waals surface area (Å²) in [6.45, 7) is 0. The number of anilines is 1. The summed E-state index contributed by atoms with van der Waals surface area (Å²) in [6.07, 6.45) is 2.88. The van der Waals surface area contributed by atoms with Gasteiger partial charge in [-0.3, -0.25) is 4.79 Å². The molecule has 0 aliphatic carbocycles. The van der Waals surface area contributed by atoms with Crippen molar-refractivity contribution < 1.29 is 13.6 Å². The first-order valence-corrected chi connectivity index (χ1v) is 5.10. The van der Waals surface area contributed by atoms with Crippen molar-refractivity contribution >= 4 is 11.9 Å². The molecule has 7 heteroatoms. The first kappa shape index (κ1) is 10.3. The topological polar surface area (TPSA) is 100 Å². The SMILES string of the molecule is Nc1nc(-c2ccco2)nn1C(=O)c1ccco1. The van der Waals surface area contributed by atoms with E-state index in [0.717, 1.165) is 4.68 Å². The minimum absolute atomic E-state index is 0.0252. The van der Waals surface area contributed by atoms with Crippen LogP contribution in [0, 0.1) is 0 Å². The maximum Gasteiger partial charge on any atom is 0.317 e. The van der Waals surface area contributed by atoms with Crippen molar-refractivity contribution in [3.8, 4) is 11.6 Å². The predicted molar refractivity (Wildman–Crippen MR) is 60.6 cm³/mol. The van der Waals surface area contributed by atoms with Crippen molar-refractivity contribution in [3.63, 3.8) is 0 Å². The number of rotatable bonds is 2. The molecule has 3 aromatic heterocycles. The number of aromatic nitrogens is 3. The Kier molecular flexibility index (Phi) is 2.23. The van der Waals surface area contributed by atoms with Gasteiger partial charge in [0.25, 0.3) is 0 Å². The van der Waals surface area contributed by atoms with Crippen LogP contribution in [0.2, 0.25) is 0 Å². The third-order valence-corrected chi connectivity index (χ3v) is 2.30. The molecular formula is C11H8N4O3. The number of nitrogens with two attached hydrogens (primary N) is 1. The van der Waals surface area contributed by atoms with Crippen LogP contribution >= 0.6 is 0 Å². The number of nitrogens with zero attached hydrogens (tertiary/aromatic N) is 3. The Bertz CT molecular complexity index is 667. The van der Waals surface area contributed by atoms with E-state index in [-0.39, 0.29) is 17.5 Å². The highest BCUT2D eigenvalue weighted by molar-refractivity contribution is 5.94. The molecule has 0 saturated carbocycles. The summed E-state index contributed by atoms with van der Waals surface area (Å²) in [6, 6.07) is 6.50.